The van der Waals surface area contributed by atoms with Crippen molar-refractivity contribution >= 4 is 17.8 Å². The Morgan fingerprint density at radius 3 is 1.90 bits per heavy atom. The number of amides is 2. The van der Waals surface area contributed by atoms with Crippen LogP contribution in [0.1, 0.15) is 46.4 Å². The quantitative estimate of drug-likeness (QED) is 0.778. The molecule has 5 heteroatoms. The third kappa shape index (κ3) is 1.17. The molecule has 5 rings (SSSR count). The second kappa shape index (κ2) is 3.18. The van der Waals surface area contributed by atoms with Gasteiger partial charge in [-0.25, -0.2) is 4.79 Å². The van der Waals surface area contributed by atoms with E-state index in [0.717, 1.165) is 25.7 Å². The van der Waals surface area contributed by atoms with Gasteiger partial charge in [-0.05, 0) is 48.6 Å². The van der Waals surface area contributed by atoms with Gasteiger partial charge < -0.3 is 4.84 Å². The predicted octanol–water partition coefficient (Wildman–Crippen LogP) is 1.93. The second-order valence-electron chi connectivity index (χ2n) is 6.61. The fraction of sp³-hybridized carbons (Fsp3) is 0.438. The van der Waals surface area contributed by atoms with Crippen LogP contribution in [0.2, 0.25) is 0 Å². The van der Waals surface area contributed by atoms with Crippen LogP contribution in [0, 0.1) is 16.7 Å². The summed E-state index contributed by atoms with van der Waals surface area (Å²) in [5, 5.41) is 0.636. The lowest BCUT2D eigenvalue weighted by atomic mass is 10.1. The van der Waals surface area contributed by atoms with Gasteiger partial charge in [0.05, 0.1) is 17.0 Å². The predicted molar refractivity (Wildman–Crippen MR) is 69.9 cm³/mol. The highest BCUT2D eigenvalue weighted by atomic mass is 16.7. The van der Waals surface area contributed by atoms with Crippen LogP contribution in [0.25, 0.3) is 0 Å². The first-order valence-electron chi connectivity index (χ1n) is 7.30. The van der Waals surface area contributed by atoms with Crippen molar-refractivity contribution < 1.29 is 19.2 Å². The highest BCUT2D eigenvalue weighted by Crippen LogP contribution is 2.92. The minimum absolute atomic E-state index is 0.102. The van der Waals surface area contributed by atoms with Gasteiger partial charge in [0.15, 0.2) is 0 Å². The lowest BCUT2D eigenvalue weighted by Crippen LogP contribution is -2.33. The van der Waals surface area contributed by atoms with Crippen molar-refractivity contribution in [1.82, 2.24) is 5.06 Å². The normalized spacial score (nSPS) is 26.2. The molecule has 0 bridgehead atoms. The van der Waals surface area contributed by atoms with Crippen LogP contribution in [-0.2, 0) is 9.63 Å². The highest BCUT2D eigenvalue weighted by Gasteiger charge is 2.89. The average Bonchev–Trinajstić information content (AvgIpc) is 3.40. The zero-order valence-electron chi connectivity index (χ0n) is 11.3. The van der Waals surface area contributed by atoms with Crippen LogP contribution in [0.15, 0.2) is 24.3 Å². The number of imide groups is 1. The molecule has 3 fully saturated rings. The Morgan fingerprint density at radius 1 is 1.00 bits per heavy atom. The highest BCUT2D eigenvalue weighted by molar-refractivity contribution is 6.20. The van der Waals surface area contributed by atoms with Crippen LogP contribution in [0.3, 0.4) is 0 Å². The molecule has 2 spiro atoms. The fourth-order valence-electron chi connectivity index (χ4n) is 4.42. The SMILES string of the molecule is O=C(ON1C(=O)c2ccccc2C1=O)C1C2(CC2)C12CC2. The summed E-state index contributed by atoms with van der Waals surface area (Å²) >= 11 is 0. The Balaban J connectivity index is 1.40. The molecule has 0 unspecified atom stereocenters. The van der Waals surface area contributed by atoms with Crippen molar-refractivity contribution in [3.05, 3.63) is 35.4 Å². The lowest BCUT2D eigenvalue weighted by Gasteiger charge is -2.12. The van der Waals surface area contributed by atoms with Crippen molar-refractivity contribution in [3.63, 3.8) is 0 Å². The van der Waals surface area contributed by atoms with Crippen LogP contribution in [0.4, 0.5) is 0 Å². The van der Waals surface area contributed by atoms with Crippen molar-refractivity contribution in [2.45, 2.75) is 25.7 Å². The van der Waals surface area contributed by atoms with Crippen LogP contribution >= 0.6 is 0 Å². The van der Waals surface area contributed by atoms with Gasteiger partial charge in [-0.3, -0.25) is 9.59 Å². The Hall–Kier alpha value is -2.17. The molecule has 106 valence electrons. The third-order valence-corrected chi connectivity index (χ3v) is 5.76. The van der Waals surface area contributed by atoms with Crippen molar-refractivity contribution in [2.24, 2.45) is 16.7 Å². The summed E-state index contributed by atoms with van der Waals surface area (Å²) in [6, 6.07) is 6.53. The molecule has 2 amide bonds. The number of hydrogen-bond acceptors (Lipinski definition) is 4. The molecule has 0 N–H and O–H groups in total. The minimum atomic E-state index is -0.542. The summed E-state index contributed by atoms with van der Waals surface area (Å²) in [6.07, 6.45) is 4.31. The van der Waals surface area contributed by atoms with Gasteiger partial charge in [-0.1, -0.05) is 17.2 Å². The number of hydrogen-bond donors (Lipinski definition) is 0. The summed E-state index contributed by atoms with van der Waals surface area (Å²) in [4.78, 5) is 41.9. The van der Waals surface area contributed by atoms with Crippen LogP contribution in [-0.4, -0.2) is 22.8 Å². The number of carbonyl (C=O) groups excluding carboxylic acids is 3. The number of fused-ring (bicyclic) bond motifs is 2. The van der Waals surface area contributed by atoms with E-state index in [1.807, 2.05) is 0 Å². The molecule has 4 aliphatic rings. The fourth-order valence-corrected chi connectivity index (χ4v) is 4.42. The maximum atomic E-state index is 12.3. The molecular formula is C16H13NO4. The largest absolute Gasteiger partial charge is 0.337 e. The molecule has 1 aromatic carbocycles. The molecule has 0 radical (unpaired) electrons. The second-order valence-corrected chi connectivity index (χ2v) is 6.61. The summed E-state index contributed by atoms with van der Waals surface area (Å²) in [7, 11) is 0. The van der Waals surface area contributed by atoms with Crippen LogP contribution < -0.4 is 0 Å². The van der Waals surface area contributed by atoms with Gasteiger partial charge in [-0.15, -0.1) is 0 Å². The summed E-state index contributed by atoms with van der Waals surface area (Å²) in [5.41, 5.74) is 0.910. The summed E-state index contributed by atoms with van der Waals surface area (Å²) < 4.78 is 0. The van der Waals surface area contributed by atoms with E-state index >= 15 is 0 Å². The van der Waals surface area contributed by atoms with E-state index in [-0.39, 0.29) is 16.7 Å². The third-order valence-electron chi connectivity index (χ3n) is 5.76. The average molecular weight is 283 g/mol. The first kappa shape index (κ1) is 11.5. The number of hydroxylamine groups is 2. The maximum Gasteiger partial charge on any atom is 0.337 e. The van der Waals surface area contributed by atoms with E-state index in [1.165, 1.54) is 0 Å². The smallest absolute Gasteiger partial charge is 0.329 e. The number of nitrogens with zero attached hydrogens (tertiary/aromatic N) is 1. The molecule has 0 aromatic heterocycles. The van der Waals surface area contributed by atoms with Gasteiger partial charge in [0, 0.05) is 0 Å². The molecule has 1 aromatic rings. The van der Waals surface area contributed by atoms with E-state index in [2.05, 4.69) is 0 Å². The number of benzene rings is 1. The maximum absolute atomic E-state index is 12.3. The molecule has 5 nitrogen and oxygen atoms in total. The van der Waals surface area contributed by atoms with E-state index in [9.17, 15) is 14.4 Å². The lowest BCUT2D eigenvalue weighted by molar-refractivity contribution is -0.171. The first-order valence-corrected chi connectivity index (χ1v) is 7.30. The van der Waals surface area contributed by atoms with Crippen molar-refractivity contribution in [2.75, 3.05) is 0 Å². The van der Waals surface area contributed by atoms with Crippen LogP contribution in [0.5, 0.6) is 0 Å². The van der Waals surface area contributed by atoms with Crippen molar-refractivity contribution in [1.29, 1.82) is 0 Å². The molecule has 3 saturated carbocycles. The molecule has 0 atom stereocenters. The van der Waals surface area contributed by atoms with Gasteiger partial charge >= 0.3 is 5.97 Å². The Bertz CT molecular complexity index is 677. The topological polar surface area (TPSA) is 63.7 Å². The van der Waals surface area contributed by atoms with Crippen molar-refractivity contribution in [3.8, 4) is 0 Å². The molecule has 3 aliphatic carbocycles. The molecule has 1 aliphatic heterocycles. The monoisotopic (exact) mass is 283 g/mol. The Kier molecular flexibility index (Phi) is 1.74. The standard InChI is InChI=1S/C16H13NO4/c18-12-9-3-1-2-4-10(9)13(19)17(12)21-14(20)11-15(5-6-15)16(11)7-8-16/h1-4,11H,5-8H2. The Labute approximate surface area is 120 Å². The van der Waals surface area contributed by atoms with E-state index in [0.29, 0.717) is 16.2 Å². The number of rotatable bonds is 2. The summed E-state index contributed by atoms with van der Waals surface area (Å²) in [6.45, 7) is 0. The zero-order valence-corrected chi connectivity index (χ0v) is 11.3. The molecule has 21 heavy (non-hydrogen) atoms. The first-order chi connectivity index (χ1) is 10.1. The molecular weight excluding hydrogens is 270 g/mol. The molecule has 0 saturated heterocycles. The van der Waals surface area contributed by atoms with E-state index in [4.69, 9.17) is 4.84 Å². The zero-order chi connectivity index (χ0) is 14.4. The van der Waals surface area contributed by atoms with E-state index < -0.39 is 17.8 Å². The van der Waals surface area contributed by atoms with E-state index in [1.54, 1.807) is 24.3 Å². The number of carbonyl (C=O) groups is 3. The van der Waals surface area contributed by atoms with Gasteiger partial charge in [0.2, 0.25) is 0 Å². The van der Waals surface area contributed by atoms with Gasteiger partial charge in [0.1, 0.15) is 0 Å². The van der Waals surface area contributed by atoms with Gasteiger partial charge in [-0.2, -0.15) is 0 Å². The summed E-state index contributed by atoms with van der Waals surface area (Å²) in [5.74, 6) is -1.59. The Morgan fingerprint density at radius 2 is 1.48 bits per heavy atom. The van der Waals surface area contributed by atoms with Gasteiger partial charge in [0.25, 0.3) is 11.8 Å². The minimum Gasteiger partial charge on any atom is -0.329 e. The molecule has 1 heterocycles.